The molecule has 1 aromatic rings. The molecular weight excluding hydrogens is 262 g/mol. The summed E-state index contributed by atoms with van der Waals surface area (Å²) in [6, 6.07) is 0. The number of hydrogen-bond acceptors (Lipinski definition) is 3. The van der Waals surface area contributed by atoms with Crippen LogP contribution in [0.3, 0.4) is 0 Å². The second kappa shape index (κ2) is 4.32. The molecule has 1 aromatic heterocycles. The second-order valence-electron chi connectivity index (χ2n) is 3.68. The molecule has 2 heterocycles. The Balaban J connectivity index is 2.27. The predicted molar refractivity (Wildman–Crippen MR) is 59.9 cm³/mol. The molecule has 1 aliphatic rings. The third-order valence-corrected chi connectivity index (χ3v) is 3.37. The normalized spacial score (nSPS) is 17.1. The highest BCUT2D eigenvalue weighted by Gasteiger charge is 2.15. The van der Waals surface area contributed by atoms with Crippen LogP contribution in [0.2, 0.25) is 0 Å². The highest BCUT2D eigenvalue weighted by atomic mass is 79.9. The van der Waals surface area contributed by atoms with E-state index in [0.29, 0.717) is 16.7 Å². The highest BCUT2D eigenvalue weighted by Crippen LogP contribution is 2.14. The summed E-state index contributed by atoms with van der Waals surface area (Å²) < 4.78 is 0.425. The Morgan fingerprint density at radius 2 is 1.87 bits per heavy atom. The molecule has 1 fully saturated rings. The first kappa shape index (κ1) is 10.6. The standard InChI is InChI=1S/C9H12BrN3O2/c10-7-6(5-13-3-1-2-4-13)11-9(15)12-8(7)14/h1-5H2,(H2,11,12,14,15). The van der Waals surface area contributed by atoms with Crippen LogP contribution in [0.1, 0.15) is 18.5 Å². The van der Waals surface area contributed by atoms with Gasteiger partial charge in [0.05, 0.1) is 5.69 Å². The van der Waals surface area contributed by atoms with Crippen LogP contribution in [0.15, 0.2) is 14.1 Å². The first-order valence-corrected chi connectivity index (χ1v) is 5.69. The third-order valence-electron chi connectivity index (χ3n) is 2.54. The maximum atomic E-state index is 11.3. The molecule has 0 saturated carbocycles. The number of H-pyrrole nitrogens is 2. The van der Waals surface area contributed by atoms with Crippen LogP contribution in [-0.2, 0) is 6.54 Å². The number of halogens is 1. The maximum Gasteiger partial charge on any atom is 0.325 e. The Bertz CT molecular complexity index is 459. The van der Waals surface area contributed by atoms with Crippen molar-refractivity contribution in [1.82, 2.24) is 14.9 Å². The van der Waals surface area contributed by atoms with Crippen molar-refractivity contribution in [2.24, 2.45) is 0 Å². The lowest BCUT2D eigenvalue weighted by atomic mass is 10.4. The van der Waals surface area contributed by atoms with Crippen LogP contribution >= 0.6 is 15.9 Å². The summed E-state index contributed by atoms with van der Waals surface area (Å²) in [5.41, 5.74) is -0.156. The van der Waals surface area contributed by atoms with Crippen LogP contribution in [-0.4, -0.2) is 28.0 Å². The van der Waals surface area contributed by atoms with Gasteiger partial charge in [-0.15, -0.1) is 0 Å². The van der Waals surface area contributed by atoms with E-state index in [2.05, 4.69) is 30.8 Å². The van der Waals surface area contributed by atoms with E-state index in [9.17, 15) is 9.59 Å². The van der Waals surface area contributed by atoms with Gasteiger partial charge in [-0.05, 0) is 41.9 Å². The summed E-state index contributed by atoms with van der Waals surface area (Å²) in [5.74, 6) is 0. The minimum absolute atomic E-state index is 0.368. The molecule has 1 saturated heterocycles. The van der Waals surface area contributed by atoms with Crippen molar-refractivity contribution >= 4 is 15.9 Å². The van der Waals surface area contributed by atoms with Crippen LogP contribution in [0.4, 0.5) is 0 Å². The van der Waals surface area contributed by atoms with E-state index in [0.717, 1.165) is 13.1 Å². The Hall–Kier alpha value is -0.880. The summed E-state index contributed by atoms with van der Waals surface area (Å²) >= 11 is 3.18. The van der Waals surface area contributed by atoms with E-state index < -0.39 is 5.69 Å². The number of rotatable bonds is 2. The maximum absolute atomic E-state index is 11.3. The molecule has 0 spiro atoms. The summed E-state index contributed by atoms with van der Waals surface area (Å²) in [5, 5.41) is 0. The van der Waals surface area contributed by atoms with Crippen molar-refractivity contribution in [3.63, 3.8) is 0 Å². The van der Waals surface area contributed by atoms with E-state index in [1.54, 1.807) is 0 Å². The molecule has 0 radical (unpaired) electrons. The average molecular weight is 274 g/mol. The van der Waals surface area contributed by atoms with E-state index >= 15 is 0 Å². The molecule has 15 heavy (non-hydrogen) atoms. The summed E-state index contributed by atoms with van der Waals surface area (Å²) in [7, 11) is 0. The minimum Gasteiger partial charge on any atom is -0.309 e. The second-order valence-corrected chi connectivity index (χ2v) is 4.48. The van der Waals surface area contributed by atoms with E-state index in [-0.39, 0.29) is 5.56 Å². The van der Waals surface area contributed by atoms with Crippen molar-refractivity contribution in [1.29, 1.82) is 0 Å². The number of hydrogen-bond donors (Lipinski definition) is 2. The number of aromatic amines is 2. The van der Waals surface area contributed by atoms with Crippen molar-refractivity contribution in [3.05, 3.63) is 31.0 Å². The zero-order valence-corrected chi connectivity index (χ0v) is 9.76. The molecule has 0 aromatic carbocycles. The number of aromatic nitrogens is 2. The number of likely N-dealkylation sites (tertiary alicyclic amines) is 1. The average Bonchev–Trinajstić information content (AvgIpc) is 2.66. The smallest absolute Gasteiger partial charge is 0.309 e. The summed E-state index contributed by atoms with van der Waals surface area (Å²) in [6.07, 6.45) is 2.37. The summed E-state index contributed by atoms with van der Waals surface area (Å²) in [4.78, 5) is 29.4. The molecule has 82 valence electrons. The molecule has 2 N–H and O–H groups in total. The number of nitrogens with one attached hydrogen (secondary N) is 2. The van der Waals surface area contributed by atoms with Crippen LogP contribution in [0, 0.1) is 0 Å². The highest BCUT2D eigenvalue weighted by molar-refractivity contribution is 9.10. The van der Waals surface area contributed by atoms with Gasteiger partial charge >= 0.3 is 5.69 Å². The fourth-order valence-corrected chi connectivity index (χ4v) is 2.12. The van der Waals surface area contributed by atoms with E-state index in [1.807, 2.05) is 0 Å². The zero-order valence-electron chi connectivity index (χ0n) is 8.18. The topological polar surface area (TPSA) is 69.0 Å². The van der Waals surface area contributed by atoms with Gasteiger partial charge in [0.15, 0.2) is 0 Å². The fraction of sp³-hybridized carbons (Fsp3) is 0.556. The third kappa shape index (κ3) is 2.38. The molecule has 0 aliphatic carbocycles. The van der Waals surface area contributed by atoms with Gasteiger partial charge < -0.3 is 4.98 Å². The lowest BCUT2D eigenvalue weighted by Gasteiger charge is -2.14. The Kier molecular flexibility index (Phi) is 3.06. The van der Waals surface area contributed by atoms with Gasteiger partial charge in [-0.1, -0.05) is 0 Å². The lowest BCUT2D eigenvalue weighted by molar-refractivity contribution is 0.325. The van der Waals surface area contributed by atoms with Crippen molar-refractivity contribution in [2.45, 2.75) is 19.4 Å². The lowest BCUT2D eigenvalue weighted by Crippen LogP contribution is -2.28. The molecule has 6 heteroatoms. The van der Waals surface area contributed by atoms with Gasteiger partial charge in [0.1, 0.15) is 4.47 Å². The molecule has 0 unspecified atom stereocenters. The molecule has 0 amide bonds. The van der Waals surface area contributed by atoms with Crippen molar-refractivity contribution < 1.29 is 0 Å². The van der Waals surface area contributed by atoms with Crippen LogP contribution in [0.5, 0.6) is 0 Å². The Labute approximate surface area is 94.6 Å². The molecular formula is C9H12BrN3O2. The van der Waals surface area contributed by atoms with E-state index in [1.165, 1.54) is 12.8 Å². The Morgan fingerprint density at radius 3 is 2.53 bits per heavy atom. The zero-order chi connectivity index (χ0) is 10.8. The van der Waals surface area contributed by atoms with E-state index in [4.69, 9.17) is 0 Å². The first-order valence-electron chi connectivity index (χ1n) is 4.90. The molecule has 0 bridgehead atoms. The molecule has 0 atom stereocenters. The number of nitrogens with zero attached hydrogens (tertiary/aromatic N) is 1. The molecule has 1 aliphatic heterocycles. The minimum atomic E-state index is -0.447. The monoisotopic (exact) mass is 273 g/mol. The fourth-order valence-electron chi connectivity index (χ4n) is 1.79. The van der Waals surface area contributed by atoms with Gasteiger partial charge in [0.25, 0.3) is 5.56 Å². The van der Waals surface area contributed by atoms with Crippen molar-refractivity contribution in [3.8, 4) is 0 Å². The first-order chi connectivity index (χ1) is 7.16. The van der Waals surface area contributed by atoms with Crippen LogP contribution in [0.25, 0.3) is 0 Å². The van der Waals surface area contributed by atoms with Gasteiger partial charge in [0.2, 0.25) is 0 Å². The van der Waals surface area contributed by atoms with Gasteiger partial charge in [0, 0.05) is 6.54 Å². The molecule has 5 nitrogen and oxygen atoms in total. The largest absolute Gasteiger partial charge is 0.325 e. The van der Waals surface area contributed by atoms with Gasteiger partial charge in [-0.3, -0.25) is 14.7 Å². The summed E-state index contributed by atoms with van der Waals surface area (Å²) in [6.45, 7) is 2.68. The Morgan fingerprint density at radius 1 is 1.20 bits per heavy atom. The SMILES string of the molecule is O=c1[nH]c(CN2CCCC2)c(Br)c(=O)[nH]1. The van der Waals surface area contributed by atoms with Crippen molar-refractivity contribution in [2.75, 3.05) is 13.1 Å². The van der Waals surface area contributed by atoms with Gasteiger partial charge in [-0.25, -0.2) is 4.79 Å². The quantitative estimate of drug-likeness (QED) is 0.821. The molecule has 2 rings (SSSR count). The van der Waals surface area contributed by atoms with Gasteiger partial charge in [-0.2, -0.15) is 0 Å². The van der Waals surface area contributed by atoms with Crippen LogP contribution < -0.4 is 11.2 Å². The predicted octanol–water partition coefficient (Wildman–Crippen LogP) is 0.421.